The highest BCUT2D eigenvalue weighted by atomic mass is 19.1. The molecule has 0 atom stereocenters. The number of nitrogens with one attached hydrogen (secondary N) is 2. The molecule has 36 heavy (non-hydrogen) atoms. The Hall–Kier alpha value is -3.92. The molecule has 0 aliphatic carbocycles. The molecule has 1 aliphatic heterocycles. The van der Waals surface area contributed by atoms with Crippen LogP contribution in [0.5, 0.6) is 5.75 Å². The molecule has 1 aliphatic rings. The molecule has 1 aromatic carbocycles. The van der Waals surface area contributed by atoms with E-state index in [0.717, 1.165) is 37.8 Å². The number of benzene rings is 1. The zero-order chi connectivity index (χ0) is 25.8. The fourth-order valence-electron chi connectivity index (χ4n) is 4.40. The van der Waals surface area contributed by atoms with E-state index >= 15 is 0 Å². The van der Waals surface area contributed by atoms with Crippen LogP contribution in [0.15, 0.2) is 49.4 Å². The first-order chi connectivity index (χ1) is 17.3. The Morgan fingerprint density at radius 1 is 1.28 bits per heavy atom. The maximum absolute atomic E-state index is 14.5. The smallest absolute Gasteiger partial charge is 0.247 e. The number of anilines is 4. The van der Waals surface area contributed by atoms with Crippen molar-refractivity contribution in [3.05, 3.63) is 55.3 Å². The van der Waals surface area contributed by atoms with E-state index in [2.05, 4.69) is 51.1 Å². The Kier molecular flexibility index (Phi) is 7.54. The van der Waals surface area contributed by atoms with Crippen molar-refractivity contribution in [1.29, 1.82) is 0 Å². The van der Waals surface area contributed by atoms with Crippen molar-refractivity contribution in [2.75, 3.05) is 49.8 Å². The van der Waals surface area contributed by atoms with E-state index in [1.807, 2.05) is 23.9 Å². The Labute approximate surface area is 210 Å². The van der Waals surface area contributed by atoms with Crippen molar-refractivity contribution in [2.24, 2.45) is 7.05 Å². The van der Waals surface area contributed by atoms with Crippen LogP contribution in [0.3, 0.4) is 0 Å². The topological polar surface area (TPSA) is 87.5 Å². The SMILES string of the molecule is C=CC(=O)Nc1cc(Nc2ncc(F)c(-c3ccn(C)c3)n2)c(OC)cc1N1CCC(N(C)C)CC1. The zero-order valence-corrected chi connectivity index (χ0v) is 21.1. The van der Waals surface area contributed by atoms with Gasteiger partial charge in [0.2, 0.25) is 11.9 Å². The van der Waals surface area contributed by atoms with Gasteiger partial charge in [0, 0.05) is 50.2 Å². The number of aryl methyl sites for hydroxylation is 1. The zero-order valence-electron chi connectivity index (χ0n) is 21.1. The second kappa shape index (κ2) is 10.8. The van der Waals surface area contributed by atoms with E-state index in [9.17, 15) is 9.18 Å². The van der Waals surface area contributed by atoms with E-state index < -0.39 is 5.82 Å². The summed E-state index contributed by atoms with van der Waals surface area (Å²) < 4.78 is 22.0. The summed E-state index contributed by atoms with van der Waals surface area (Å²) >= 11 is 0. The number of halogens is 1. The largest absolute Gasteiger partial charge is 0.494 e. The van der Waals surface area contributed by atoms with E-state index in [0.29, 0.717) is 28.7 Å². The number of carbonyl (C=O) groups excluding carboxylic acids is 1. The van der Waals surface area contributed by atoms with Gasteiger partial charge in [0.05, 0.1) is 30.4 Å². The van der Waals surface area contributed by atoms with Crippen LogP contribution < -0.4 is 20.3 Å². The molecule has 190 valence electrons. The van der Waals surface area contributed by atoms with Gasteiger partial charge in [-0.25, -0.2) is 14.4 Å². The highest BCUT2D eigenvalue weighted by Gasteiger charge is 2.24. The number of nitrogens with zero attached hydrogens (tertiary/aromatic N) is 5. The Balaban J connectivity index is 1.68. The van der Waals surface area contributed by atoms with E-state index in [-0.39, 0.29) is 17.5 Å². The lowest BCUT2D eigenvalue weighted by atomic mass is 10.0. The minimum absolute atomic E-state index is 0.188. The maximum atomic E-state index is 14.5. The highest BCUT2D eigenvalue weighted by molar-refractivity contribution is 6.02. The third kappa shape index (κ3) is 5.49. The molecule has 2 N–H and O–H groups in total. The van der Waals surface area contributed by atoms with Gasteiger partial charge in [-0.15, -0.1) is 0 Å². The summed E-state index contributed by atoms with van der Waals surface area (Å²) in [5, 5.41) is 6.04. The fraction of sp³-hybridized carbons (Fsp3) is 0.346. The number of hydrogen-bond donors (Lipinski definition) is 2. The lowest BCUT2D eigenvalue weighted by Gasteiger charge is -2.37. The average molecular weight is 494 g/mol. The first kappa shape index (κ1) is 25.2. The van der Waals surface area contributed by atoms with Gasteiger partial charge in [-0.2, -0.15) is 0 Å². The lowest BCUT2D eigenvalue weighted by Crippen LogP contribution is -2.42. The van der Waals surface area contributed by atoms with Gasteiger partial charge in [-0.1, -0.05) is 6.58 Å². The lowest BCUT2D eigenvalue weighted by molar-refractivity contribution is -0.111. The summed E-state index contributed by atoms with van der Waals surface area (Å²) in [4.78, 5) is 25.2. The van der Waals surface area contributed by atoms with Gasteiger partial charge in [-0.05, 0) is 45.1 Å². The van der Waals surface area contributed by atoms with Crippen molar-refractivity contribution in [3.63, 3.8) is 0 Å². The first-order valence-electron chi connectivity index (χ1n) is 11.8. The van der Waals surface area contributed by atoms with Gasteiger partial charge < -0.3 is 29.7 Å². The fourth-order valence-corrected chi connectivity index (χ4v) is 4.40. The number of rotatable bonds is 8. The third-order valence-electron chi connectivity index (χ3n) is 6.39. The minimum atomic E-state index is -0.519. The van der Waals surface area contributed by atoms with Gasteiger partial charge in [0.1, 0.15) is 11.4 Å². The Morgan fingerprint density at radius 3 is 2.64 bits per heavy atom. The molecule has 3 aromatic rings. The molecule has 9 nitrogen and oxygen atoms in total. The summed E-state index contributed by atoms with van der Waals surface area (Å²) in [7, 11) is 7.63. The molecular weight excluding hydrogens is 461 g/mol. The summed E-state index contributed by atoms with van der Waals surface area (Å²) in [5.74, 6) is -0.0892. The number of methoxy groups -OCH3 is 1. The van der Waals surface area contributed by atoms with E-state index in [1.54, 1.807) is 25.4 Å². The molecule has 1 saturated heterocycles. The molecule has 0 radical (unpaired) electrons. The second-order valence-electron chi connectivity index (χ2n) is 9.03. The van der Waals surface area contributed by atoms with Crippen LogP contribution >= 0.6 is 0 Å². The molecule has 0 bridgehead atoms. The van der Waals surface area contributed by atoms with Crippen molar-refractivity contribution < 1.29 is 13.9 Å². The van der Waals surface area contributed by atoms with Crippen LogP contribution in [0, 0.1) is 5.82 Å². The predicted molar refractivity (Wildman–Crippen MR) is 140 cm³/mol. The van der Waals surface area contributed by atoms with Crippen LogP contribution in [0.1, 0.15) is 12.8 Å². The Morgan fingerprint density at radius 2 is 2.03 bits per heavy atom. The quantitative estimate of drug-likeness (QED) is 0.458. The van der Waals surface area contributed by atoms with Crippen molar-refractivity contribution in [2.45, 2.75) is 18.9 Å². The van der Waals surface area contributed by atoms with Gasteiger partial charge in [0.15, 0.2) is 5.82 Å². The van der Waals surface area contributed by atoms with Crippen LogP contribution in [0.4, 0.5) is 27.4 Å². The van der Waals surface area contributed by atoms with E-state index in [4.69, 9.17) is 4.74 Å². The standard InChI is InChI=1S/C26H32FN7O2/c1-6-24(35)29-20-13-21(23(36-5)14-22(20)34-11-8-18(9-12-34)32(2)3)30-26-28-15-19(27)25(31-26)17-7-10-33(4)16-17/h6-7,10,13-16,18H,1,8-9,11-12H2,2-5H3,(H,29,35)(H,28,30,31). The number of aromatic nitrogens is 3. The van der Waals surface area contributed by atoms with Gasteiger partial charge in [0.25, 0.3) is 0 Å². The van der Waals surface area contributed by atoms with Crippen LogP contribution in [-0.4, -0.2) is 65.7 Å². The third-order valence-corrected chi connectivity index (χ3v) is 6.39. The highest BCUT2D eigenvalue weighted by Crippen LogP contribution is 2.39. The molecule has 2 aromatic heterocycles. The summed E-state index contributed by atoms with van der Waals surface area (Å²) in [6.07, 6.45) is 7.99. The van der Waals surface area contributed by atoms with Crippen LogP contribution in [-0.2, 0) is 11.8 Å². The molecule has 0 unspecified atom stereocenters. The van der Waals surface area contributed by atoms with Crippen LogP contribution in [0.2, 0.25) is 0 Å². The van der Waals surface area contributed by atoms with Gasteiger partial charge in [-0.3, -0.25) is 4.79 Å². The average Bonchev–Trinajstić information content (AvgIpc) is 3.31. The van der Waals surface area contributed by atoms with E-state index in [1.165, 1.54) is 6.08 Å². The molecule has 10 heteroatoms. The number of amides is 1. The van der Waals surface area contributed by atoms with Crippen LogP contribution in [0.25, 0.3) is 11.3 Å². The molecular formula is C26H32FN7O2. The summed E-state index contributed by atoms with van der Waals surface area (Å²) in [5.41, 5.74) is 2.83. The Bertz CT molecular complexity index is 1250. The monoisotopic (exact) mass is 493 g/mol. The molecule has 4 rings (SSSR count). The normalized spacial score (nSPS) is 14.1. The molecule has 1 fully saturated rings. The first-order valence-corrected chi connectivity index (χ1v) is 11.8. The number of ether oxygens (including phenoxy) is 1. The maximum Gasteiger partial charge on any atom is 0.247 e. The van der Waals surface area contributed by atoms with Crippen molar-refractivity contribution >= 4 is 28.9 Å². The molecule has 0 saturated carbocycles. The predicted octanol–water partition coefficient (Wildman–Crippen LogP) is 4.03. The van der Waals surface area contributed by atoms with Crippen molar-refractivity contribution in [3.8, 4) is 17.0 Å². The molecule has 0 spiro atoms. The molecule has 3 heterocycles. The summed E-state index contributed by atoms with van der Waals surface area (Å²) in [6.45, 7) is 5.26. The van der Waals surface area contributed by atoms with Crippen molar-refractivity contribution in [1.82, 2.24) is 19.4 Å². The number of hydrogen-bond acceptors (Lipinski definition) is 7. The van der Waals surface area contributed by atoms with Gasteiger partial charge >= 0.3 is 0 Å². The number of carbonyl (C=O) groups is 1. The number of piperidine rings is 1. The second-order valence-corrected chi connectivity index (χ2v) is 9.03. The summed E-state index contributed by atoms with van der Waals surface area (Å²) in [6, 6.07) is 5.97. The molecule has 1 amide bonds. The minimum Gasteiger partial charge on any atom is -0.494 e.